The lowest BCUT2D eigenvalue weighted by Gasteiger charge is -2.30. The number of benzene rings is 2. The molecule has 0 unspecified atom stereocenters. The molecule has 156 valence electrons. The minimum absolute atomic E-state index is 0.185. The molecule has 1 fully saturated rings. The average Bonchev–Trinajstić information content (AvgIpc) is 2.74. The van der Waals surface area contributed by atoms with E-state index in [2.05, 4.69) is 28.2 Å². The number of aromatic nitrogens is 2. The van der Waals surface area contributed by atoms with Crippen molar-refractivity contribution in [1.82, 2.24) is 9.55 Å². The van der Waals surface area contributed by atoms with Gasteiger partial charge in [0.15, 0.2) is 5.82 Å². The lowest BCUT2D eigenvalue weighted by Crippen LogP contribution is -2.36. The minimum atomic E-state index is -0.185. The molecule has 7 heteroatoms. The zero-order valence-electron chi connectivity index (χ0n) is 17.6. The molecule has 1 saturated heterocycles. The molecular formula is C23H27N5O2. The number of hydrogen-bond acceptors (Lipinski definition) is 6. The van der Waals surface area contributed by atoms with Crippen LogP contribution in [0.5, 0.6) is 0 Å². The Morgan fingerprint density at radius 3 is 2.63 bits per heavy atom. The molecule has 3 aromatic rings. The van der Waals surface area contributed by atoms with Crippen LogP contribution in [0.15, 0.2) is 47.4 Å². The molecule has 1 aliphatic rings. The van der Waals surface area contributed by atoms with E-state index in [9.17, 15) is 4.79 Å². The summed E-state index contributed by atoms with van der Waals surface area (Å²) in [5.74, 6) is 0.287. The summed E-state index contributed by atoms with van der Waals surface area (Å²) < 4.78 is 6.99. The van der Waals surface area contributed by atoms with Gasteiger partial charge in [-0.3, -0.25) is 4.79 Å². The highest BCUT2D eigenvalue weighted by molar-refractivity contribution is 5.71. The van der Waals surface area contributed by atoms with E-state index < -0.39 is 0 Å². The first-order valence-corrected chi connectivity index (χ1v) is 10.1. The summed E-state index contributed by atoms with van der Waals surface area (Å²) in [7, 11) is 1.73. The van der Waals surface area contributed by atoms with Crippen LogP contribution in [0.4, 0.5) is 22.9 Å². The fourth-order valence-electron chi connectivity index (χ4n) is 3.78. The number of ether oxygens (including phenoxy) is 1. The van der Waals surface area contributed by atoms with Gasteiger partial charge < -0.3 is 25.3 Å². The van der Waals surface area contributed by atoms with Crippen molar-refractivity contribution >= 4 is 22.9 Å². The molecule has 0 radical (unpaired) electrons. The largest absolute Gasteiger partial charge is 0.398 e. The zero-order chi connectivity index (χ0) is 21.3. The average molecular weight is 406 g/mol. The Morgan fingerprint density at radius 2 is 1.90 bits per heavy atom. The van der Waals surface area contributed by atoms with Crippen LogP contribution >= 0.6 is 0 Å². The molecule has 0 bridgehead atoms. The SMILES string of the molecule is Cc1cc(Nc2nc(-c3cccc(N)c3C)cn(C)c2=O)ccc1N1CCOCC1. The van der Waals surface area contributed by atoms with Crippen molar-refractivity contribution in [3.8, 4) is 11.3 Å². The highest BCUT2D eigenvalue weighted by atomic mass is 16.5. The van der Waals surface area contributed by atoms with Gasteiger partial charge in [-0.05, 0) is 49.2 Å². The Labute approximate surface area is 176 Å². The van der Waals surface area contributed by atoms with Crippen LogP contribution < -0.4 is 21.5 Å². The highest BCUT2D eigenvalue weighted by Gasteiger charge is 2.15. The second-order valence-electron chi connectivity index (χ2n) is 7.64. The van der Waals surface area contributed by atoms with Crippen LogP contribution in [0.3, 0.4) is 0 Å². The third kappa shape index (κ3) is 3.89. The molecule has 2 heterocycles. The van der Waals surface area contributed by atoms with Gasteiger partial charge in [0.25, 0.3) is 5.56 Å². The third-order valence-corrected chi connectivity index (χ3v) is 5.53. The van der Waals surface area contributed by atoms with Gasteiger partial charge in [-0.15, -0.1) is 0 Å². The van der Waals surface area contributed by atoms with Gasteiger partial charge in [0.1, 0.15) is 0 Å². The number of rotatable bonds is 4. The molecule has 0 saturated carbocycles. The van der Waals surface area contributed by atoms with Crippen molar-refractivity contribution in [3.05, 3.63) is 64.1 Å². The van der Waals surface area contributed by atoms with Gasteiger partial charge in [0.2, 0.25) is 0 Å². The monoisotopic (exact) mass is 405 g/mol. The van der Waals surface area contributed by atoms with Crippen LogP contribution in [0.25, 0.3) is 11.3 Å². The van der Waals surface area contributed by atoms with Crippen LogP contribution in [0.2, 0.25) is 0 Å². The first kappa shape index (κ1) is 20.0. The molecular weight excluding hydrogens is 378 g/mol. The summed E-state index contributed by atoms with van der Waals surface area (Å²) in [6.45, 7) is 7.30. The van der Waals surface area contributed by atoms with E-state index in [0.29, 0.717) is 11.4 Å². The van der Waals surface area contributed by atoms with Crippen LogP contribution in [-0.2, 0) is 11.8 Å². The Hall–Kier alpha value is -3.32. The van der Waals surface area contributed by atoms with Crippen LogP contribution in [0, 0.1) is 13.8 Å². The van der Waals surface area contributed by atoms with Gasteiger partial charge in [-0.25, -0.2) is 4.98 Å². The quantitative estimate of drug-likeness (QED) is 0.648. The van der Waals surface area contributed by atoms with Gasteiger partial charge in [-0.1, -0.05) is 12.1 Å². The van der Waals surface area contributed by atoms with E-state index in [1.807, 2.05) is 37.3 Å². The summed E-state index contributed by atoms with van der Waals surface area (Å²) in [5.41, 5.74) is 12.3. The first-order valence-electron chi connectivity index (χ1n) is 10.1. The molecule has 1 aliphatic heterocycles. The molecule has 0 amide bonds. The topological polar surface area (TPSA) is 85.4 Å². The molecule has 0 atom stereocenters. The maximum Gasteiger partial charge on any atom is 0.293 e. The fraction of sp³-hybridized carbons (Fsp3) is 0.304. The smallest absolute Gasteiger partial charge is 0.293 e. The number of anilines is 4. The van der Waals surface area contributed by atoms with Crippen molar-refractivity contribution in [3.63, 3.8) is 0 Å². The van der Waals surface area contributed by atoms with Crippen molar-refractivity contribution in [1.29, 1.82) is 0 Å². The van der Waals surface area contributed by atoms with Crippen LogP contribution in [-0.4, -0.2) is 35.9 Å². The maximum atomic E-state index is 12.7. The number of nitrogens with one attached hydrogen (secondary N) is 1. The van der Waals surface area contributed by atoms with E-state index in [1.54, 1.807) is 17.8 Å². The highest BCUT2D eigenvalue weighted by Crippen LogP contribution is 2.28. The first-order chi connectivity index (χ1) is 14.4. The van der Waals surface area contributed by atoms with Crippen molar-refractivity contribution < 1.29 is 4.74 Å². The third-order valence-electron chi connectivity index (χ3n) is 5.53. The van der Waals surface area contributed by atoms with E-state index >= 15 is 0 Å². The lowest BCUT2D eigenvalue weighted by atomic mass is 10.0. The van der Waals surface area contributed by atoms with Crippen molar-refractivity contribution in [2.45, 2.75) is 13.8 Å². The second-order valence-corrected chi connectivity index (χ2v) is 7.64. The van der Waals surface area contributed by atoms with Gasteiger partial charge in [-0.2, -0.15) is 0 Å². The standard InChI is InChI=1S/C23H27N5O2/c1-15-13-17(7-8-21(15)28-9-11-30-12-10-28)25-22-23(29)27(3)14-20(26-22)18-5-4-6-19(24)16(18)2/h4-8,13-14H,9-12,24H2,1-3H3,(H,25,26). The number of nitrogens with two attached hydrogens (primary N) is 1. The Balaban J connectivity index is 1.66. The summed E-state index contributed by atoms with van der Waals surface area (Å²) >= 11 is 0. The summed E-state index contributed by atoms with van der Waals surface area (Å²) in [5, 5.41) is 3.21. The summed E-state index contributed by atoms with van der Waals surface area (Å²) in [4.78, 5) is 19.6. The Bertz CT molecular complexity index is 1130. The van der Waals surface area contributed by atoms with Crippen LogP contribution in [0.1, 0.15) is 11.1 Å². The number of nitrogens with zero attached hydrogens (tertiary/aromatic N) is 3. The number of hydrogen-bond donors (Lipinski definition) is 2. The zero-order valence-corrected chi connectivity index (χ0v) is 17.6. The molecule has 4 rings (SSSR count). The van der Waals surface area contributed by atoms with E-state index in [4.69, 9.17) is 10.5 Å². The molecule has 30 heavy (non-hydrogen) atoms. The Kier molecular flexibility index (Phi) is 5.46. The van der Waals surface area contributed by atoms with E-state index in [1.165, 1.54) is 5.69 Å². The molecule has 7 nitrogen and oxygen atoms in total. The predicted octanol–water partition coefficient (Wildman–Crippen LogP) is 3.23. The minimum Gasteiger partial charge on any atom is -0.398 e. The lowest BCUT2D eigenvalue weighted by molar-refractivity contribution is 0.122. The molecule has 1 aromatic heterocycles. The van der Waals surface area contributed by atoms with E-state index in [0.717, 1.165) is 48.7 Å². The number of nitrogen functional groups attached to an aromatic ring is 1. The maximum absolute atomic E-state index is 12.7. The molecule has 3 N–H and O–H groups in total. The normalized spacial score (nSPS) is 14.0. The number of morpholine rings is 1. The second kappa shape index (κ2) is 8.20. The van der Waals surface area contributed by atoms with Gasteiger partial charge in [0, 0.05) is 49.0 Å². The van der Waals surface area contributed by atoms with Gasteiger partial charge in [0.05, 0.1) is 18.9 Å². The Morgan fingerprint density at radius 1 is 1.13 bits per heavy atom. The van der Waals surface area contributed by atoms with Gasteiger partial charge >= 0.3 is 0 Å². The predicted molar refractivity (Wildman–Crippen MR) is 122 cm³/mol. The van der Waals surface area contributed by atoms with Crippen molar-refractivity contribution in [2.24, 2.45) is 7.05 Å². The molecule has 0 spiro atoms. The molecule has 0 aliphatic carbocycles. The molecule has 2 aromatic carbocycles. The number of aryl methyl sites for hydroxylation is 2. The van der Waals surface area contributed by atoms with Crippen molar-refractivity contribution in [2.75, 3.05) is 42.3 Å². The summed E-state index contributed by atoms with van der Waals surface area (Å²) in [6.07, 6.45) is 1.74. The summed E-state index contributed by atoms with van der Waals surface area (Å²) in [6, 6.07) is 11.8. The van der Waals surface area contributed by atoms with E-state index in [-0.39, 0.29) is 11.4 Å². The fourth-order valence-corrected chi connectivity index (χ4v) is 3.78.